The first-order valence-electron chi connectivity index (χ1n) is 18.2. The Labute approximate surface area is 323 Å². The highest BCUT2D eigenvalue weighted by Gasteiger charge is 2.37. The first-order chi connectivity index (χ1) is 25.4. The molecule has 0 bridgehead atoms. The molecule has 19 heteroatoms. The molecule has 1 aromatic carbocycles. The quantitative estimate of drug-likeness (QED) is 0.0431. The van der Waals surface area contributed by atoms with E-state index in [1.807, 2.05) is 13.8 Å². The average Bonchev–Trinajstić information content (AvgIpc) is 3.40. The van der Waals surface area contributed by atoms with Crippen LogP contribution in [0.15, 0.2) is 4.90 Å². The van der Waals surface area contributed by atoms with Crippen molar-refractivity contribution in [1.82, 2.24) is 26.0 Å². The Morgan fingerprint density at radius 3 is 2.05 bits per heavy atom. The van der Waals surface area contributed by atoms with E-state index in [1.54, 1.807) is 41.5 Å². The minimum atomic E-state index is -4.21. The number of hydrogen-bond donors (Lipinski definition) is 8. The molecule has 0 fully saturated rings. The third kappa shape index (κ3) is 14.2. The second-order valence-electron chi connectivity index (χ2n) is 15.2. The van der Waals surface area contributed by atoms with Crippen molar-refractivity contribution in [3.8, 4) is 5.75 Å². The fraction of sp³-hybridized carbons (Fsp3) is 0.667. The Bertz CT molecular complexity index is 1710. The molecule has 9 N–H and O–H groups in total. The van der Waals surface area contributed by atoms with Crippen LogP contribution in [0.1, 0.15) is 102 Å². The normalized spacial score (nSPS) is 14.9. The summed E-state index contributed by atoms with van der Waals surface area (Å²) in [5.74, 6) is -3.54. The standard InChI is InChI=1S/C36H59N7O11S/c1-20-21(2)29(22(3)23-19-36(7,8)53-28(20)23)55(50,51)43-33(38)39-18-12-14-24(30(46)41-26(32(48)52-9)15-16-27(44)45)40-31(47)25(13-10-11-17-37)42-34(49)54-35(4,5)6/h24-26H,10-19,37H2,1-9H3,(H,40,47)(H,41,46)(H,42,49)(H,44,45)(H3,38,39,43). The number of carboxylic acids is 1. The van der Waals surface area contributed by atoms with E-state index >= 15 is 0 Å². The first-order valence-corrected chi connectivity index (χ1v) is 19.7. The number of nitrogens with two attached hydrogens (primary N) is 1. The van der Waals surface area contributed by atoms with Crippen molar-refractivity contribution in [2.45, 2.75) is 141 Å². The predicted molar refractivity (Wildman–Crippen MR) is 203 cm³/mol. The number of carbonyl (C=O) groups is 5. The van der Waals surface area contributed by atoms with Gasteiger partial charge in [0.25, 0.3) is 10.0 Å². The molecule has 1 aliphatic heterocycles. The number of fused-ring (bicyclic) bond motifs is 1. The number of nitrogens with one attached hydrogen (secondary N) is 6. The van der Waals surface area contributed by atoms with Gasteiger partial charge in [-0.2, -0.15) is 0 Å². The number of unbranched alkanes of at least 4 members (excludes halogenated alkanes) is 1. The Morgan fingerprint density at radius 2 is 1.49 bits per heavy atom. The number of alkyl carbamates (subject to hydrolysis) is 1. The van der Waals surface area contributed by atoms with Crippen LogP contribution in [-0.2, 0) is 45.1 Å². The van der Waals surface area contributed by atoms with E-state index in [-0.39, 0.29) is 37.1 Å². The van der Waals surface area contributed by atoms with Gasteiger partial charge >= 0.3 is 18.0 Å². The monoisotopic (exact) mass is 797 g/mol. The number of hydrogen-bond acceptors (Lipinski definition) is 12. The Hall–Kier alpha value is -4.65. The second kappa shape index (κ2) is 19.8. The van der Waals surface area contributed by atoms with Crippen molar-refractivity contribution in [3.05, 3.63) is 22.3 Å². The first kappa shape index (κ1) is 46.5. The maximum Gasteiger partial charge on any atom is 0.408 e. The molecule has 1 aromatic rings. The number of benzene rings is 1. The van der Waals surface area contributed by atoms with E-state index in [0.29, 0.717) is 48.2 Å². The van der Waals surface area contributed by atoms with Crippen LogP contribution in [0.25, 0.3) is 0 Å². The van der Waals surface area contributed by atoms with Gasteiger partial charge in [-0.25, -0.2) is 22.7 Å². The number of ether oxygens (including phenoxy) is 3. The van der Waals surface area contributed by atoms with E-state index in [1.165, 1.54) is 0 Å². The minimum Gasteiger partial charge on any atom is -0.487 e. The summed E-state index contributed by atoms with van der Waals surface area (Å²) in [6, 6.07) is -3.80. The lowest BCUT2D eigenvalue weighted by atomic mass is 9.94. The van der Waals surface area contributed by atoms with Crippen molar-refractivity contribution in [2.24, 2.45) is 5.73 Å². The van der Waals surface area contributed by atoms with Crippen molar-refractivity contribution >= 4 is 45.8 Å². The van der Waals surface area contributed by atoms with Crippen molar-refractivity contribution in [2.75, 3.05) is 20.2 Å². The Morgan fingerprint density at radius 1 is 0.909 bits per heavy atom. The lowest BCUT2D eigenvalue weighted by Gasteiger charge is -2.26. The zero-order chi connectivity index (χ0) is 41.9. The van der Waals surface area contributed by atoms with Crippen molar-refractivity contribution in [3.63, 3.8) is 0 Å². The van der Waals surface area contributed by atoms with E-state index in [4.69, 9.17) is 30.5 Å². The van der Waals surface area contributed by atoms with Gasteiger partial charge in [0.15, 0.2) is 0 Å². The summed E-state index contributed by atoms with van der Waals surface area (Å²) in [6.45, 7) is 14.3. The molecule has 0 saturated carbocycles. The number of carbonyl (C=O) groups excluding carboxylic acids is 4. The number of aliphatic carboxylic acids is 1. The van der Waals surface area contributed by atoms with Crippen LogP contribution in [0.4, 0.5) is 4.79 Å². The minimum absolute atomic E-state index is 0.0280. The number of guanidine groups is 1. The fourth-order valence-corrected chi connectivity index (χ4v) is 7.60. The molecule has 0 radical (unpaired) electrons. The van der Waals surface area contributed by atoms with Gasteiger partial charge < -0.3 is 46.3 Å². The highest BCUT2D eigenvalue weighted by Crippen LogP contribution is 2.43. The van der Waals surface area contributed by atoms with Gasteiger partial charge in [0.2, 0.25) is 17.8 Å². The van der Waals surface area contributed by atoms with Crippen molar-refractivity contribution < 1.29 is 51.7 Å². The number of amides is 3. The topological polar surface area (TPSA) is 277 Å². The SMILES string of the molecule is COC(=O)C(CCC(=O)O)NC(=O)C(CCCNC(=N)NS(=O)(=O)c1c(C)c(C)c2c(c1C)CC(C)(C)O2)NC(=O)C(CCCCN)NC(=O)OC(C)(C)C. The summed E-state index contributed by atoms with van der Waals surface area (Å²) < 4.78 is 45.6. The van der Waals surface area contributed by atoms with Crippen LogP contribution in [0.2, 0.25) is 0 Å². The van der Waals surface area contributed by atoms with Crippen LogP contribution >= 0.6 is 0 Å². The molecule has 310 valence electrons. The number of rotatable bonds is 19. The van der Waals surface area contributed by atoms with Crippen LogP contribution in [0, 0.1) is 26.2 Å². The summed E-state index contributed by atoms with van der Waals surface area (Å²) in [5.41, 5.74) is 6.77. The molecule has 2 rings (SSSR count). The smallest absolute Gasteiger partial charge is 0.408 e. The molecule has 18 nitrogen and oxygen atoms in total. The highest BCUT2D eigenvalue weighted by molar-refractivity contribution is 7.90. The summed E-state index contributed by atoms with van der Waals surface area (Å²) in [4.78, 5) is 63.4. The maximum atomic E-state index is 13.6. The number of methoxy groups -OCH3 is 1. The van der Waals surface area contributed by atoms with Gasteiger partial charge in [0.1, 0.15) is 35.1 Å². The molecule has 1 aliphatic rings. The van der Waals surface area contributed by atoms with Gasteiger partial charge in [0, 0.05) is 24.9 Å². The number of carboxylic acid groups (broad SMARTS) is 1. The molecular formula is C36H59N7O11S. The third-order valence-electron chi connectivity index (χ3n) is 8.80. The molecule has 55 heavy (non-hydrogen) atoms. The fourth-order valence-electron chi connectivity index (χ4n) is 6.07. The van der Waals surface area contributed by atoms with E-state index in [2.05, 4.69) is 26.0 Å². The van der Waals surface area contributed by atoms with Gasteiger partial charge in [0.05, 0.1) is 12.0 Å². The molecule has 3 unspecified atom stereocenters. The molecule has 0 aromatic heterocycles. The van der Waals surface area contributed by atoms with Gasteiger partial charge in [-0.15, -0.1) is 0 Å². The lowest BCUT2D eigenvalue weighted by molar-refractivity contribution is -0.146. The van der Waals surface area contributed by atoms with Crippen LogP contribution in [-0.4, -0.2) is 98.9 Å². The molecule has 1 heterocycles. The molecule has 0 aliphatic carbocycles. The molecule has 3 amide bonds. The summed E-state index contributed by atoms with van der Waals surface area (Å²) in [5, 5.41) is 27.8. The zero-order valence-corrected chi connectivity index (χ0v) is 34.1. The predicted octanol–water partition coefficient (Wildman–Crippen LogP) is 1.94. The number of sulfonamides is 1. The molecular weight excluding hydrogens is 739 g/mol. The summed E-state index contributed by atoms with van der Waals surface area (Å²) in [7, 11) is -3.14. The Balaban J connectivity index is 2.24. The van der Waals surface area contributed by atoms with Gasteiger partial charge in [-0.1, -0.05) is 0 Å². The molecule has 3 atom stereocenters. The highest BCUT2D eigenvalue weighted by atomic mass is 32.2. The van der Waals surface area contributed by atoms with E-state index in [0.717, 1.165) is 12.7 Å². The average molecular weight is 798 g/mol. The maximum absolute atomic E-state index is 13.6. The second-order valence-corrected chi connectivity index (χ2v) is 16.8. The number of esters is 1. The molecule has 0 saturated heterocycles. The summed E-state index contributed by atoms with van der Waals surface area (Å²) in [6.07, 6.45) is 0.0873. The van der Waals surface area contributed by atoms with Crippen LogP contribution < -0.4 is 36.5 Å². The zero-order valence-electron chi connectivity index (χ0n) is 33.3. The van der Waals surface area contributed by atoms with Crippen LogP contribution in [0.3, 0.4) is 0 Å². The van der Waals surface area contributed by atoms with Gasteiger partial charge in [-0.05, 0) is 117 Å². The summed E-state index contributed by atoms with van der Waals surface area (Å²) >= 11 is 0. The largest absolute Gasteiger partial charge is 0.487 e. The van der Waals surface area contributed by atoms with E-state index < -0.39 is 81.6 Å². The lowest BCUT2D eigenvalue weighted by Crippen LogP contribution is -2.56. The van der Waals surface area contributed by atoms with Gasteiger partial charge in [-0.3, -0.25) is 19.8 Å². The Kier molecular flexibility index (Phi) is 16.7. The van der Waals surface area contributed by atoms with Crippen LogP contribution in [0.5, 0.6) is 5.75 Å². The molecule has 0 spiro atoms. The van der Waals surface area contributed by atoms with E-state index in [9.17, 15) is 32.4 Å². The van der Waals surface area contributed by atoms with Crippen molar-refractivity contribution in [1.29, 1.82) is 5.41 Å². The third-order valence-corrected chi connectivity index (χ3v) is 10.4.